The molecule has 20 heavy (non-hydrogen) atoms. The predicted octanol–water partition coefficient (Wildman–Crippen LogP) is 0.587. The van der Waals surface area contributed by atoms with E-state index in [1.165, 1.54) is 0 Å². The minimum absolute atomic E-state index is 0.220. The van der Waals surface area contributed by atoms with Crippen LogP contribution in [0.2, 0.25) is 0 Å². The molecule has 0 radical (unpaired) electrons. The normalized spacial score (nSPS) is 20.1. The molecule has 6 heteroatoms. The molecule has 0 aromatic heterocycles. The third-order valence-corrected chi connectivity index (χ3v) is 3.64. The highest BCUT2D eigenvalue weighted by Gasteiger charge is 2.26. The van der Waals surface area contributed by atoms with Crippen molar-refractivity contribution in [2.45, 2.75) is 45.3 Å². The molecular formula is C14H28N4O2. The Balaban J connectivity index is 2.41. The van der Waals surface area contributed by atoms with Crippen molar-refractivity contribution >= 4 is 11.9 Å². The highest BCUT2D eigenvalue weighted by Crippen LogP contribution is 2.10. The number of likely N-dealkylation sites (tertiary alicyclic amines) is 1. The van der Waals surface area contributed by atoms with Crippen LogP contribution in [0.25, 0.3) is 0 Å². The predicted molar refractivity (Wildman–Crippen MR) is 80.9 cm³/mol. The number of guanidine groups is 1. The molecule has 1 amide bonds. The highest BCUT2D eigenvalue weighted by molar-refractivity contribution is 5.80. The summed E-state index contributed by atoms with van der Waals surface area (Å²) in [5.41, 5.74) is -0.239. The fourth-order valence-electron chi connectivity index (χ4n) is 2.08. The van der Waals surface area contributed by atoms with Crippen molar-refractivity contribution in [1.29, 1.82) is 0 Å². The first-order chi connectivity index (χ1) is 9.41. The maximum Gasteiger partial charge on any atom is 0.222 e. The monoisotopic (exact) mass is 284 g/mol. The van der Waals surface area contributed by atoms with Crippen molar-refractivity contribution < 1.29 is 9.53 Å². The Morgan fingerprint density at radius 3 is 2.75 bits per heavy atom. The van der Waals surface area contributed by atoms with E-state index in [9.17, 15) is 4.79 Å². The average Bonchev–Trinajstić information content (AvgIpc) is 2.91. The van der Waals surface area contributed by atoms with Crippen molar-refractivity contribution in [2.75, 3.05) is 33.8 Å². The number of aliphatic imine (C=N–C) groups is 1. The number of rotatable bonds is 5. The molecule has 0 aliphatic carbocycles. The molecule has 1 atom stereocenters. The number of carbonyl (C=O) groups is 1. The molecule has 1 heterocycles. The van der Waals surface area contributed by atoms with Crippen LogP contribution in [-0.2, 0) is 9.53 Å². The van der Waals surface area contributed by atoms with Gasteiger partial charge in [-0.1, -0.05) is 6.92 Å². The minimum atomic E-state index is -0.239. The second kappa shape index (κ2) is 7.47. The van der Waals surface area contributed by atoms with E-state index in [-0.39, 0.29) is 17.6 Å². The molecule has 1 aliphatic heterocycles. The van der Waals surface area contributed by atoms with E-state index in [0.29, 0.717) is 13.0 Å². The maximum atomic E-state index is 11.6. The molecule has 1 rings (SSSR count). The number of amides is 1. The Kier molecular flexibility index (Phi) is 6.26. The number of hydrogen-bond acceptors (Lipinski definition) is 3. The average molecular weight is 284 g/mol. The van der Waals surface area contributed by atoms with E-state index in [1.807, 2.05) is 25.7 Å². The Morgan fingerprint density at radius 1 is 1.50 bits per heavy atom. The van der Waals surface area contributed by atoms with Crippen molar-refractivity contribution in [1.82, 2.24) is 15.5 Å². The lowest BCUT2D eigenvalue weighted by Crippen LogP contribution is -2.49. The summed E-state index contributed by atoms with van der Waals surface area (Å²) < 4.78 is 5.37. The van der Waals surface area contributed by atoms with Gasteiger partial charge in [-0.05, 0) is 20.3 Å². The van der Waals surface area contributed by atoms with Crippen LogP contribution >= 0.6 is 0 Å². The molecule has 6 nitrogen and oxygen atoms in total. The van der Waals surface area contributed by atoms with E-state index in [0.717, 1.165) is 25.5 Å². The molecule has 1 saturated heterocycles. The molecule has 0 bridgehead atoms. The van der Waals surface area contributed by atoms with Crippen LogP contribution in [0, 0.1) is 0 Å². The van der Waals surface area contributed by atoms with Crippen LogP contribution in [0.15, 0.2) is 4.99 Å². The van der Waals surface area contributed by atoms with Crippen molar-refractivity contribution in [3.8, 4) is 0 Å². The third-order valence-electron chi connectivity index (χ3n) is 3.64. The third kappa shape index (κ3) is 5.00. The maximum absolute atomic E-state index is 11.6. The molecule has 0 aromatic rings. The van der Waals surface area contributed by atoms with Gasteiger partial charge in [0.2, 0.25) is 5.91 Å². The van der Waals surface area contributed by atoms with E-state index in [1.54, 1.807) is 14.2 Å². The molecule has 0 saturated carbocycles. The molecule has 1 unspecified atom stereocenters. The molecule has 2 N–H and O–H groups in total. The standard InChI is InChI=1S/C14H28N4O2/c1-6-12(19)18-8-7-11(9-18)17-13(15-4)16-10-14(2,3)20-5/h11H,6-10H2,1-5H3,(H2,15,16,17). The second-order valence-corrected chi connectivity index (χ2v) is 5.71. The number of hydrogen-bond donors (Lipinski definition) is 2. The summed E-state index contributed by atoms with van der Waals surface area (Å²) in [7, 11) is 3.45. The molecule has 0 spiro atoms. The van der Waals surface area contributed by atoms with Gasteiger partial charge in [0, 0.05) is 46.3 Å². The smallest absolute Gasteiger partial charge is 0.222 e. The minimum Gasteiger partial charge on any atom is -0.377 e. The fourth-order valence-corrected chi connectivity index (χ4v) is 2.08. The molecule has 116 valence electrons. The topological polar surface area (TPSA) is 66.0 Å². The van der Waals surface area contributed by atoms with Gasteiger partial charge in [0.1, 0.15) is 0 Å². The Hall–Kier alpha value is -1.30. The number of ether oxygens (including phenoxy) is 1. The number of carbonyl (C=O) groups excluding carboxylic acids is 1. The molecular weight excluding hydrogens is 256 g/mol. The highest BCUT2D eigenvalue weighted by atomic mass is 16.5. The Bertz CT molecular complexity index is 355. The summed E-state index contributed by atoms with van der Waals surface area (Å²) in [5.74, 6) is 0.976. The van der Waals surface area contributed by atoms with Crippen molar-refractivity contribution in [3.05, 3.63) is 0 Å². The Labute approximate surface area is 122 Å². The van der Waals surface area contributed by atoms with Gasteiger partial charge in [0.15, 0.2) is 5.96 Å². The van der Waals surface area contributed by atoms with Crippen LogP contribution in [-0.4, -0.2) is 62.2 Å². The van der Waals surface area contributed by atoms with E-state index in [4.69, 9.17) is 4.74 Å². The summed E-state index contributed by atoms with van der Waals surface area (Å²) in [6.07, 6.45) is 1.53. The number of methoxy groups -OCH3 is 1. The fraction of sp³-hybridized carbons (Fsp3) is 0.857. The van der Waals surface area contributed by atoms with Crippen molar-refractivity contribution in [3.63, 3.8) is 0 Å². The summed E-state index contributed by atoms with van der Waals surface area (Å²) in [4.78, 5) is 17.8. The van der Waals surface area contributed by atoms with Gasteiger partial charge in [-0.15, -0.1) is 0 Å². The van der Waals surface area contributed by atoms with Gasteiger partial charge >= 0.3 is 0 Å². The van der Waals surface area contributed by atoms with E-state index < -0.39 is 0 Å². The molecule has 0 aromatic carbocycles. The summed E-state index contributed by atoms with van der Waals surface area (Å²) in [6.45, 7) is 8.19. The van der Waals surface area contributed by atoms with Crippen LogP contribution < -0.4 is 10.6 Å². The SMILES string of the molecule is CCC(=O)N1CCC(NC(=NC)NCC(C)(C)OC)C1. The number of nitrogens with zero attached hydrogens (tertiary/aromatic N) is 2. The first-order valence-corrected chi connectivity index (χ1v) is 7.22. The quantitative estimate of drug-likeness (QED) is 0.573. The zero-order chi connectivity index (χ0) is 15.2. The lowest BCUT2D eigenvalue weighted by molar-refractivity contribution is -0.129. The zero-order valence-electron chi connectivity index (χ0n) is 13.3. The summed E-state index contributed by atoms with van der Waals surface area (Å²) >= 11 is 0. The zero-order valence-corrected chi connectivity index (χ0v) is 13.3. The first kappa shape index (κ1) is 16.8. The summed E-state index contributed by atoms with van der Waals surface area (Å²) in [6, 6.07) is 0.266. The van der Waals surface area contributed by atoms with Crippen molar-refractivity contribution in [2.24, 2.45) is 4.99 Å². The first-order valence-electron chi connectivity index (χ1n) is 7.22. The van der Waals surface area contributed by atoms with Gasteiger partial charge in [0.05, 0.1) is 5.60 Å². The number of nitrogens with one attached hydrogen (secondary N) is 2. The van der Waals surface area contributed by atoms with Gasteiger partial charge < -0.3 is 20.3 Å². The van der Waals surface area contributed by atoms with E-state index in [2.05, 4.69) is 15.6 Å². The van der Waals surface area contributed by atoms with Crippen LogP contribution in [0.5, 0.6) is 0 Å². The van der Waals surface area contributed by atoms with Crippen LogP contribution in [0.3, 0.4) is 0 Å². The van der Waals surface area contributed by atoms with Gasteiger partial charge in [-0.3, -0.25) is 9.79 Å². The second-order valence-electron chi connectivity index (χ2n) is 5.71. The summed E-state index contributed by atoms with van der Waals surface area (Å²) in [5, 5.41) is 6.62. The van der Waals surface area contributed by atoms with Crippen LogP contribution in [0.1, 0.15) is 33.6 Å². The lowest BCUT2D eigenvalue weighted by atomic mass is 10.1. The Morgan fingerprint density at radius 2 is 2.20 bits per heavy atom. The largest absolute Gasteiger partial charge is 0.377 e. The van der Waals surface area contributed by atoms with Crippen LogP contribution in [0.4, 0.5) is 0 Å². The molecule has 1 aliphatic rings. The molecule has 1 fully saturated rings. The van der Waals surface area contributed by atoms with Gasteiger partial charge in [0.25, 0.3) is 0 Å². The van der Waals surface area contributed by atoms with E-state index >= 15 is 0 Å². The lowest BCUT2D eigenvalue weighted by Gasteiger charge is -2.25. The van der Waals surface area contributed by atoms with Gasteiger partial charge in [-0.25, -0.2) is 0 Å². The van der Waals surface area contributed by atoms with Gasteiger partial charge in [-0.2, -0.15) is 0 Å².